The van der Waals surface area contributed by atoms with Crippen molar-refractivity contribution < 1.29 is 19.2 Å². The van der Waals surface area contributed by atoms with Crippen molar-refractivity contribution in [2.75, 3.05) is 11.9 Å². The minimum absolute atomic E-state index is 0.0221. The molecule has 5 atom stereocenters. The first-order valence-electron chi connectivity index (χ1n) is 10.8. The fraction of sp³-hybridized carbons (Fsp3) is 0.435. The zero-order valence-corrected chi connectivity index (χ0v) is 19.2. The summed E-state index contributed by atoms with van der Waals surface area (Å²) in [6, 6.07) is 6.70. The van der Waals surface area contributed by atoms with Crippen LogP contribution in [0.3, 0.4) is 0 Å². The number of hydrogen-bond donors (Lipinski definition) is 2. The molecular weight excluding hydrogens is 472 g/mol. The lowest BCUT2D eigenvalue weighted by atomic mass is 9.73. The molecule has 174 valence electrons. The van der Waals surface area contributed by atoms with Gasteiger partial charge in [-0.2, -0.15) is 0 Å². The molecule has 2 aliphatic heterocycles. The average Bonchev–Trinajstić information content (AvgIpc) is 3.45. The number of nitro groups is 1. The molecule has 2 N–H and O–H groups in total. The molecule has 2 aromatic carbocycles. The maximum Gasteiger partial charge on any atom is 0.250 e. The van der Waals surface area contributed by atoms with Crippen LogP contribution < -0.4 is 5.32 Å². The van der Waals surface area contributed by atoms with Gasteiger partial charge in [-0.05, 0) is 43.9 Å². The van der Waals surface area contributed by atoms with Gasteiger partial charge in [-0.15, -0.1) is 0 Å². The SMILES string of the molecule is C[C@H](O)[C@@H]1[C@H]([N+](=O)[O-])[C@@H](c2cccc(Cl)c2F)[C@@]2(C(=O)Nc3cc(Cl)ccc32)N1CC1CC1. The Hall–Kier alpha value is -2.26. The summed E-state index contributed by atoms with van der Waals surface area (Å²) in [4.78, 5) is 27.6. The van der Waals surface area contributed by atoms with Crippen LogP contribution in [0.25, 0.3) is 0 Å². The number of fused-ring (bicyclic) bond motifs is 2. The number of nitrogens with zero attached hydrogens (tertiary/aromatic N) is 2. The number of aliphatic hydroxyl groups excluding tert-OH is 1. The van der Waals surface area contributed by atoms with Gasteiger partial charge < -0.3 is 10.4 Å². The molecule has 10 heteroatoms. The number of benzene rings is 2. The summed E-state index contributed by atoms with van der Waals surface area (Å²) in [5.41, 5.74) is -0.718. The standard InChI is InChI=1S/C23H22Cl2FN3O4/c1-11(30)20-21(29(32)33)18(14-3-2-4-16(25)19(14)26)23(28(20)10-12-5-6-12)15-8-7-13(24)9-17(15)27-22(23)31/h2-4,7-9,11-12,18,20-21,30H,5-6,10H2,1H3,(H,27,31)/t11-,18+,20+,21+,23-/m0/s1. The summed E-state index contributed by atoms with van der Waals surface area (Å²) in [6.07, 6.45) is 0.702. The minimum atomic E-state index is -1.60. The molecule has 1 saturated carbocycles. The monoisotopic (exact) mass is 493 g/mol. The van der Waals surface area contributed by atoms with Crippen LogP contribution in [0, 0.1) is 21.8 Å². The van der Waals surface area contributed by atoms with E-state index < -0.39 is 46.3 Å². The first-order valence-corrected chi connectivity index (χ1v) is 11.6. The molecule has 2 aromatic rings. The van der Waals surface area contributed by atoms with Crippen LogP contribution in [0.1, 0.15) is 36.8 Å². The van der Waals surface area contributed by atoms with E-state index >= 15 is 4.39 Å². The lowest BCUT2D eigenvalue weighted by Gasteiger charge is -2.39. The van der Waals surface area contributed by atoms with E-state index in [1.165, 1.54) is 25.1 Å². The lowest BCUT2D eigenvalue weighted by Crippen LogP contribution is -2.54. The van der Waals surface area contributed by atoms with Crippen LogP contribution in [-0.4, -0.2) is 45.6 Å². The van der Waals surface area contributed by atoms with E-state index in [-0.39, 0.29) is 16.5 Å². The fourth-order valence-corrected chi connectivity index (χ4v) is 6.09. The second kappa shape index (κ2) is 7.91. The average molecular weight is 494 g/mol. The number of carbonyl (C=O) groups is 1. The summed E-state index contributed by atoms with van der Waals surface area (Å²) in [5, 5.41) is 26.3. The molecule has 1 saturated heterocycles. The van der Waals surface area contributed by atoms with Gasteiger partial charge in [-0.3, -0.25) is 19.8 Å². The van der Waals surface area contributed by atoms with Crippen molar-refractivity contribution >= 4 is 34.8 Å². The number of amides is 1. The highest BCUT2D eigenvalue weighted by Gasteiger charge is 2.72. The lowest BCUT2D eigenvalue weighted by molar-refractivity contribution is -0.530. The minimum Gasteiger partial charge on any atom is -0.392 e. The van der Waals surface area contributed by atoms with Crippen molar-refractivity contribution in [3.63, 3.8) is 0 Å². The van der Waals surface area contributed by atoms with Gasteiger partial charge >= 0.3 is 0 Å². The van der Waals surface area contributed by atoms with Crippen molar-refractivity contribution in [2.45, 2.75) is 49.4 Å². The first kappa shape index (κ1) is 22.5. The van der Waals surface area contributed by atoms with Crippen LogP contribution in [0.2, 0.25) is 10.0 Å². The van der Waals surface area contributed by atoms with Crippen molar-refractivity contribution in [3.8, 4) is 0 Å². The van der Waals surface area contributed by atoms with Gasteiger partial charge in [-0.25, -0.2) is 4.39 Å². The molecule has 3 aliphatic rings. The third kappa shape index (κ3) is 3.26. The summed E-state index contributed by atoms with van der Waals surface area (Å²) in [7, 11) is 0. The predicted octanol–water partition coefficient (Wildman–Crippen LogP) is 4.18. The Morgan fingerprint density at radius 1 is 1.33 bits per heavy atom. The summed E-state index contributed by atoms with van der Waals surface area (Å²) in [6.45, 7) is 1.84. The van der Waals surface area contributed by atoms with Gasteiger partial charge in [0.2, 0.25) is 6.04 Å². The number of rotatable bonds is 5. The Kier molecular flexibility index (Phi) is 5.40. The quantitative estimate of drug-likeness (QED) is 0.480. The fourth-order valence-electron chi connectivity index (χ4n) is 5.73. The first-order chi connectivity index (χ1) is 15.7. The summed E-state index contributed by atoms with van der Waals surface area (Å²) >= 11 is 12.2. The molecule has 2 fully saturated rings. The van der Waals surface area contributed by atoms with Gasteiger partial charge in [0.05, 0.1) is 17.0 Å². The normalized spacial score (nSPS) is 29.8. The number of halogens is 3. The molecule has 0 aromatic heterocycles. The predicted molar refractivity (Wildman–Crippen MR) is 122 cm³/mol. The molecule has 7 nitrogen and oxygen atoms in total. The summed E-state index contributed by atoms with van der Waals surface area (Å²) in [5.74, 6) is -2.29. The van der Waals surface area contributed by atoms with E-state index in [0.29, 0.717) is 22.8 Å². The number of carbonyl (C=O) groups excluding carboxylic acids is 1. The van der Waals surface area contributed by atoms with E-state index in [1.54, 1.807) is 23.1 Å². The zero-order valence-electron chi connectivity index (χ0n) is 17.7. The molecule has 1 amide bonds. The van der Waals surface area contributed by atoms with Gasteiger partial charge in [0.1, 0.15) is 17.4 Å². The number of anilines is 1. The Morgan fingerprint density at radius 2 is 2.06 bits per heavy atom. The molecular formula is C23H22Cl2FN3O4. The molecule has 0 radical (unpaired) electrons. The van der Waals surface area contributed by atoms with Crippen LogP contribution in [0.4, 0.5) is 10.1 Å². The highest BCUT2D eigenvalue weighted by Crippen LogP contribution is 2.59. The maximum absolute atomic E-state index is 15.4. The van der Waals surface area contributed by atoms with Crippen molar-refractivity contribution in [1.29, 1.82) is 0 Å². The van der Waals surface area contributed by atoms with Crippen molar-refractivity contribution in [3.05, 3.63) is 73.5 Å². The van der Waals surface area contributed by atoms with Crippen LogP contribution in [0.15, 0.2) is 36.4 Å². The Bertz CT molecular complexity index is 1160. The van der Waals surface area contributed by atoms with Gasteiger partial charge in [0, 0.05) is 33.3 Å². The highest BCUT2D eigenvalue weighted by molar-refractivity contribution is 6.31. The van der Waals surface area contributed by atoms with E-state index in [2.05, 4.69) is 5.32 Å². The van der Waals surface area contributed by atoms with E-state index in [0.717, 1.165) is 12.8 Å². The molecule has 1 aliphatic carbocycles. The van der Waals surface area contributed by atoms with E-state index in [1.807, 2.05) is 0 Å². The van der Waals surface area contributed by atoms with Gasteiger partial charge in [0.25, 0.3) is 5.91 Å². The molecule has 0 unspecified atom stereocenters. The van der Waals surface area contributed by atoms with Gasteiger partial charge in [0.15, 0.2) is 0 Å². The van der Waals surface area contributed by atoms with Crippen LogP contribution in [-0.2, 0) is 10.3 Å². The Morgan fingerprint density at radius 3 is 2.70 bits per heavy atom. The highest BCUT2D eigenvalue weighted by atomic mass is 35.5. The maximum atomic E-state index is 15.4. The van der Waals surface area contributed by atoms with Crippen molar-refractivity contribution in [1.82, 2.24) is 4.90 Å². The molecule has 0 bridgehead atoms. The molecule has 5 rings (SSSR count). The smallest absolute Gasteiger partial charge is 0.250 e. The third-order valence-corrected chi connectivity index (χ3v) is 7.67. The number of hydrogen-bond acceptors (Lipinski definition) is 5. The number of nitrogens with one attached hydrogen (secondary N) is 1. The Labute approximate surface area is 199 Å². The topological polar surface area (TPSA) is 95.7 Å². The Balaban J connectivity index is 1.85. The number of aliphatic hydroxyl groups is 1. The molecule has 33 heavy (non-hydrogen) atoms. The zero-order chi connectivity index (χ0) is 23.7. The molecule has 1 spiro atoms. The van der Waals surface area contributed by atoms with Crippen molar-refractivity contribution in [2.24, 2.45) is 5.92 Å². The van der Waals surface area contributed by atoms with Crippen LogP contribution >= 0.6 is 23.2 Å². The van der Waals surface area contributed by atoms with Gasteiger partial charge in [-0.1, -0.05) is 41.4 Å². The largest absolute Gasteiger partial charge is 0.392 e. The molecule has 2 heterocycles. The second-order valence-corrected chi connectivity index (χ2v) is 9.98. The van der Waals surface area contributed by atoms with E-state index in [9.17, 15) is 20.0 Å². The van der Waals surface area contributed by atoms with Crippen LogP contribution in [0.5, 0.6) is 0 Å². The summed E-state index contributed by atoms with van der Waals surface area (Å²) < 4.78 is 15.4. The second-order valence-electron chi connectivity index (χ2n) is 9.13. The van der Waals surface area contributed by atoms with E-state index in [4.69, 9.17) is 23.2 Å². The number of likely N-dealkylation sites (tertiary alicyclic amines) is 1. The third-order valence-electron chi connectivity index (χ3n) is 7.15.